The Morgan fingerprint density at radius 1 is 1.45 bits per heavy atom. The lowest BCUT2D eigenvalue weighted by atomic mass is 9.87. The van der Waals surface area contributed by atoms with Crippen LogP contribution in [0.15, 0.2) is 0 Å². The Balaban J connectivity index is 2.13. The smallest absolute Gasteiger partial charge is 0.0214 e. The van der Waals surface area contributed by atoms with E-state index in [0.717, 1.165) is 12.6 Å². The molecule has 0 saturated heterocycles. The molecule has 2 nitrogen and oxygen atoms in total. The van der Waals surface area contributed by atoms with Gasteiger partial charge < -0.3 is 11.1 Å². The highest BCUT2D eigenvalue weighted by Crippen LogP contribution is 2.21. The molecule has 1 atom stereocenters. The highest BCUT2D eigenvalue weighted by molar-refractivity contribution is 4.85. The van der Waals surface area contributed by atoms with Gasteiger partial charge in [-0.3, -0.25) is 0 Å². The van der Waals surface area contributed by atoms with Gasteiger partial charge in [0.1, 0.15) is 0 Å². The van der Waals surface area contributed by atoms with Gasteiger partial charge >= 0.3 is 0 Å². The van der Waals surface area contributed by atoms with Gasteiger partial charge in [0.05, 0.1) is 0 Å². The Bertz CT molecular complexity index is 122. The maximum atomic E-state index is 5.96. The SMILES string of the molecule is CC(C)(C)C(N)CNC1CC1. The van der Waals surface area contributed by atoms with E-state index in [0.29, 0.717) is 0 Å². The van der Waals surface area contributed by atoms with Crippen LogP contribution >= 0.6 is 0 Å². The fourth-order valence-electron chi connectivity index (χ4n) is 0.887. The van der Waals surface area contributed by atoms with Crippen molar-refractivity contribution >= 4 is 0 Å². The normalized spacial score (nSPS) is 21.8. The lowest BCUT2D eigenvalue weighted by Gasteiger charge is -2.27. The summed E-state index contributed by atoms with van der Waals surface area (Å²) in [7, 11) is 0. The monoisotopic (exact) mass is 156 g/mol. The van der Waals surface area contributed by atoms with Gasteiger partial charge in [0.25, 0.3) is 0 Å². The maximum absolute atomic E-state index is 5.96. The molecule has 0 aromatic rings. The fourth-order valence-corrected chi connectivity index (χ4v) is 0.887. The predicted molar refractivity (Wildman–Crippen MR) is 48.5 cm³/mol. The van der Waals surface area contributed by atoms with Crippen molar-refractivity contribution < 1.29 is 0 Å². The number of hydrogen-bond acceptors (Lipinski definition) is 2. The molecule has 0 aliphatic heterocycles. The average molecular weight is 156 g/mol. The Morgan fingerprint density at radius 2 is 2.00 bits per heavy atom. The van der Waals surface area contributed by atoms with Crippen LogP contribution in [0.2, 0.25) is 0 Å². The molecule has 0 bridgehead atoms. The van der Waals surface area contributed by atoms with E-state index in [1.807, 2.05) is 0 Å². The fraction of sp³-hybridized carbons (Fsp3) is 1.00. The lowest BCUT2D eigenvalue weighted by molar-refractivity contribution is 0.309. The maximum Gasteiger partial charge on any atom is 0.0214 e. The highest BCUT2D eigenvalue weighted by atomic mass is 15.0. The zero-order valence-electron chi connectivity index (χ0n) is 7.85. The second-order valence-corrected chi connectivity index (χ2v) is 4.66. The Labute approximate surface area is 69.5 Å². The van der Waals surface area contributed by atoms with Gasteiger partial charge in [0.15, 0.2) is 0 Å². The second-order valence-electron chi connectivity index (χ2n) is 4.66. The minimum Gasteiger partial charge on any atom is -0.326 e. The summed E-state index contributed by atoms with van der Waals surface area (Å²) in [5.41, 5.74) is 6.20. The van der Waals surface area contributed by atoms with Crippen molar-refractivity contribution in [3.8, 4) is 0 Å². The molecule has 2 heteroatoms. The molecule has 1 unspecified atom stereocenters. The molecule has 1 aliphatic carbocycles. The summed E-state index contributed by atoms with van der Waals surface area (Å²) < 4.78 is 0. The molecule has 11 heavy (non-hydrogen) atoms. The van der Waals surface area contributed by atoms with Crippen LogP contribution in [-0.4, -0.2) is 18.6 Å². The van der Waals surface area contributed by atoms with Crippen LogP contribution in [0.5, 0.6) is 0 Å². The van der Waals surface area contributed by atoms with Gasteiger partial charge in [-0.25, -0.2) is 0 Å². The van der Waals surface area contributed by atoms with Crippen LogP contribution in [0.3, 0.4) is 0 Å². The molecule has 66 valence electrons. The summed E-state index contributed by atoms with van der Waals surface area (Å²) in [6.07, 6.45) is 2.69. The van der Waals surface area contributed by atoms with Crippen molar-refractivity contribution in [2.75, 3.05) is 6.54 Å². The van der Waals surface area contributed by atoms with E-state index in [9.17, 15) is 0 Å². The van der Waals surface area contributed by atoms with Crippen LogP contribution in [0.1, 0.15) is 33.6 Å². The van der Waals surface area contributed by atoms with Crippen molar-refractivity contribution in [3.05, 3.63) is 0 Å². The van der Waals surface area contributed by atoms with E-state index >= 15 is 0 Å². The van der Waals surface area contributed by atoms with Gasteiger partial charge in [-0.15, -0.1) is 0 Å². The molecule has 0 aromatic heterocycles. The standard InChI is InChI=1S/C9H20N2/c1-9(2,3)8(10)6-11-7-4-5-7/h7-8,11H,4-6,10H2,1-3H3. The van der Waals surface area contributed by atoms with Crippen LogP contribution in [0.25, 0.3) is 0 Å². The van der Waals surface area contributed by atoms with Crippen LogP contribution in [0, 0.1) is 5.41 Å². The summed E-state index contributed by atoms with van der Waals surface area (Å²) in [6, 6.07) is 1.06. The minimum absolute atomic E-state index is 0.238. The third-order valence-corrected chi connectivity index (χ3v) is 2.32. The molecule has 3 N–H and O–H groups in total. The quantitative estimate of drug-likeness (QED) is 0.642. The van der Waals surface area contributed by atoms with E-state index in [1.54, 1.807) is 0 Å². The minimum atomic E-state index is 0.238. The van der Waals surface area contributed by atoms with Gasteiger partial charge in [0, 0.05) is 18.6 Å². The summed E-state index contributed by atoms with van der Waals surface area (Å²) in [6.45, 7) is 7.53. The Hall–Kier alpha value is -0.0800. The number of nitrogens with two attached hydrogens (primary N) is 1. The molecule has 1 rings (SSSR count). The molecule has 0 heterocycles. The first kappa shape index (κ1) is 9.01. The molecular weight excluding hydrogens is 136 g/mol. The molecule has 0 amide bonds. The Morgan fingerprint density at radius 3 is 2.36 bits per heavy atom. The van der Waals surface area contributed by atoms with E-state index in [1.165, 1.54) is 12.8 Å². The van der Waals surface area contributed by atoms with Gasteiger partial charge in [-0.1, -0.05) is 20.8 Å². The summed E-state index contributed by atoms with van der Waals surface area (Å²) >= 11 is 0. The zero-order valence-corrected chi connectivity index (χ0v) is 7.85. The molecule has 0 aromatic carbocycles. The molecule has 0 radical (unpaired) electrons. The molecule has 1 aliphatic rings. The van der Waals surface area contributed by atoms with Gasteiger partial charge in [0.2, 0.25) is 0 Å². The number of rotatable bonds is 3. The summed E-state index contributed by atoms with van der Waals surface area (Å²) in [5, 5.41) is 3.44. The average Bonchev–Trinajstić information content (AvgIpc) is 2.62. The third-order valence-electron chi connectivity index (χ3n) is 2.32. The van der Waals surface area contributed by atoms with E-state index in [2.05, 4.69) is 26.1 Å². The molecular formula is C9H20N2. The van der Waals surface area contributed by atoms with Gasteiger partial charge in [-0.2, -0.15) is 0 Å². The van der Waals surface area contributed by atoms with E-state index < -0.39 is 0 Å². The van der Waals surface area contributed by atoms with Gasteiger partial charge in [-0.05, 0) is 18.3 Å². The van der Waals surface area contributed by atoms with Crippen molar-refractivity contribution in [1.82, 2.24) is 5.32 Å². The number of hydrogen-bond donors (Lipinski definition) is 2. The summed E-state index contributed by atoms with van der Waals surface area (Å²) in [4.78, 5) is 0. The van der Waals surface area contributed by atoms with Crippen LogP contribution in [0.4, 0.5) is 0 Å². The van der Waals surface area contributed by atoms with Crippen LogP contribution < -0.4 is 11.1 Å². The first-order valence-corrected chi connectivity index (χ1v) is 4.49. The van der Waals surface area contributed by atoms with Crippen molar-refractivity contribution in [3.63, 3.8) is 0 Å². The predicted octanol–water partition coefficient (Wildman–Crippen LogP) is 1.11. The molecule has 0 spiro atoms. The van der Waals surface area contributed by atoms with Crippen molar-refractivity contribution in [2.45, 2.75) is 45.7 Å². The topological polar surface area (TPSA) is 38.0 Å². The number of nitrogens with one attached hydrogen (secondary N) is 1. The molecule has 1 saturated carbocycles. The second kappa shape index (κ2) is 3.11. The van der Waals surface area contributed by atoms with E-state index in [4.69, 9.17) is 5.73 Å². The van der Waals surface area contributed by atoms with Crippen molar-refractivity contribution in [2.24, 2.45) is 11.1 Å². The third kappa shape index (κ3) is 3.21. The van der Waals surface area contributed by atoms with Crippen LogP contribution in [-0.2, 0) is 0 Å². The first-order chi connectivity index (χ1) is 5.00. The largest absolute Gasteiger partial charge is 0.326 e. The highest BCUT2D eigenvalue weighted by Gasteiger charge is 2.25. The first-order valence-electron chi connectivity index (χ1n) is 4.49. The van der Waals surface area contributed by atoms with Crippen molar-refractivity contribution in [1.29, 1.82) is 0 Å². The molecule has 1 fully saturated rings. The summed E-state index contributed by atoms with van der Waals surface area (Å²) in [5.74, 6) is 0. The van der Waals surface area contributed by atoms with E-state index in [-0.39, 0.29) is 11.5 Å². The Kier molecular flexibility index (Phi) is 2.55. The zero-order chi connectivity index (χ0) is 8.48. The lowest BCUT2D eigenvalue weighted by Crippen LogP contribution is -2.44.